The molecule has 6 aromatic carbocycles. The molecule has 2 atom stereocenters. The van der Waals surface area contributed by atoms with Crippen molar-refractivity contribution in [1.82, 2.24) is 4.48 Å². The van der Waals surface area contributed by atoms with Crippen LogP contribution in [0.15, 0.2) is 115 Å². The second kappa shape index (κ2) is 7.52. The highest BCUT2D eigenvalue weighted by atomic mass is 32.1. The lowest BCUT2D eigenvalue weighted by atomic mass is 9.45. The maximum absolute atomic E-state index is 2.82. The average molecular weight is 591 g/mol. The summed E-state index contributed by atoms with van der Waals surface area (Å²) in [6, 6.07) is 44.4. The molecule has 0 radical (unpaired) electrons. The van der Waals surface area contributed by atoms with E-state index in [1.807, 2.05) is 11.3 Å². The molecule has 0 amide bonds. The standard InChI is InChI=1S/C41H27BN2S/c1-41(2)30-18-7-5-13-25(30)33-27-17-10-19-31-37(27)43(39(33)41)38-23-12-4-3-11-22(23)21-29-24-15-9-16-28-34-26-14-6-8-20-32(26)45-40(34)44(36(24)28)42(31)35(29)38/h3-21,33,39H,1-2H3. The van der Waals surface area contributed by atoms with Crippen molar-refractivity contribution in [2.45, 2.75) is 31.2 Å². The summed E-state index contributed by atoms with van der Waals surface area (Å²) < 4.78 is 4.11. The van der Waals surface area contributed by atoms with Gasteiger partial charge in [0.25, 0.3) is 0 Å². The number of aromatic nitrogens is 1. The zero-order chi connectivity index (χ0) is 29.3. The van der Waals surface area contributed by atoms with Crippen LogP contribution in [0.3, 0.4) is 0 Å². The predicted molar refractivity (Wildman–Crippen MR) is 192 cm³/mol. The Bertz CT molecular complexity index is 2680. The first-order valence-corrected chi connectivity index (χ1v) is 17.0. The molecule has 0 spiro atoms. The zero-order valence-corrected chi connectivity index (χ0v) is 25.8. The lowest BCUT2D eigenvalue weighted by molar-refractivity contribution is 0.431. The molecule has 3 aliphatic heterocycles. The fraction of sp³-hybridized carbons (Fsp3) is 0.122. The Kier molecular flexibility index (Phi) is 3.94. The molecule has 0 saturated heterocycles. The van der Waals surface area contributed by atoms with Gasteiger partial charge in [0, 0.05) is 60.0 Å². The molecule has 0 saturated carbocycles. The molecule has 0 bridgehead atoms. The number of anilines is 2. The Balaban J connectivity index is 1.31. The van der Waals surface area contributed by atoms with Crippen molar-refractivity contribution in [1.29, 1.82) is 0 Å². The highest BCUT2D eigenvalue weighted by Gasteiger charge is 2.58. The van der Waals surface area contributed by atoms with Gasteiger partial charge in [0.15, 0.2) is 0 Å². The van der Waals surface area contributed by atoms with E-state index in [-0.39, 0.29) is 12.3 Å². The van der Waals surface area contributed by atoms with Crippen LogP contribution in [0.25, 0.3) is 53.1 Å². The summed E-state index contributed by atoms with van der Waals surface area (Å²) in [6.45, 7) is 5.08. The van der Waals surface area contributed by atoms with Gasteiger partial charge >= 0.3 is 6.85 Å². The first-order valence-electron chi connectivity index (χ1n) is 16.1. The molecule has 2 unspecified atom stereocenters. The third-order valence-corrected chi connectivity index (χ3v) is 12.9. The van der Waals surface area contributed by atoms with Gasteiger partial charge in [-0.05, 0) is 50.7 Å². The number of para-hydroxylation sites is 2. The number of thiophene rings is 1. The van der Waals surface area contributed by atoms with E-state index >= 15 is 0 Å². The molecule has 8 aromatic rings. The predicted octanol–water partition coefficient (Wildman–Crippen LogP) is 9.05. The first kappa shape index (κ1) is 23.6. The van der Waals surface area contributed by atoms with Crippen LogP contribution in [0.4, 0.5) is 11.4 Å². The van der Waals surface area contributed by atoms with Crippen molar-refractivity contribution >= 4 is 82.5 Å². The lowest BCUT2D eigenvalue weighted by Crippen LogP contribution is -2.59. The van der Waals surface area contributed by atoms with Gasteiger partial charge in [-0.3, -0.25) is 0 Å². The van der Waals surface area contributed by atoms with Crippen LogP contribution < -0.4 is 15.8 Å². The topological polar surface area (TPSA) is 8.17 Å². The number of rotatable bonds is 0. The zero-order valence-electron chi connectivity index (χ0n) is 25.0. The number of fused-ring (bicyclic) bond motifs is 16. The summed E-state index contributed by atoms with van der Waals surface area (Å²) in [5, 5.41) is 6.85. The minimum absolute atomic E-state index is 0.0136. The smallest absolute Gasteiger partial charge is 0.333 e. The van der Waals surface area contributed by atoms with Gasteiger partial charge < -0.3 is 9.38 Å². The van der Waals surface area contributed by atoms with Gasteiger partial charge in [-0.2, -0.15) is 0 Å². The summed E-state index contributed by atoms with van der Waals surface area (Å²) in [6.07, 6.45) is 0. The van der Waals surface area contributed by atoms with Crippen LogP contribution >= 0.6 is 11.3 Å². The Morgan fingerprint density at radius 2 is 1.44 bits per heavy atom. The fourth-order valence-corrected chi connectivity index (χ4v) is 11.4. The molecule has 0 fully saturated rings. The van der Waals surface area contributed by atoms with Gasteiger partial charge in [0.2, 0.25) is 0 Å². The largest absolute Gasteiger partial charge is 0.367 e. The SMILES string of the molecule is CC1(C)c2ccccc2C2c3cccc4c3N(c3c5c(cc6ccccc36)-c3cccc6c7c8ccccc8sc7n(c36)B45)C21. The Morgan fingerprint density at radius 1 is 0.689 bits per heavy atom. The van der Waals surface area contributed by atoms with Gasteiger partial charge in [-0.25, -0.2) is 0 Å². The highest BCUT2D eigenvalue weighted by molar-refractivity contribution is 7.26. The molecule has 1 aliphatic carbocycles. The third kappa shape index (κ3) is 2.47. The monoisotopic (exact) mass is 590 g/mol. The van der Waals surface area contributed by atoms with E-state index in [1.165, 1.54) is 92.1 Å². The molecule has 5 heterocycles. The molecule has 45 heavy (non-hydrogen) atoms. The minimum atomic E-state index is -0.0136. The normalized spacial score (nSPS) is 19.4. The molecule has 4 aliphatic rings. The average Bonchev–Trinajstić information content (AvgIpc) is 3.78. The van der Waals surface area contributed by atoms with Crippen LogP contribution in [-0.2, 0) is 5.41 Å². The van der Waals surface area contributed by atoms with E-state index < -0.39 is 0 Å². The van der Waals surface area contributed by atoms with Crippen LogP contribution in [0, 0.1) is 0 Å². The second-order valence-electron chi connectivity index (χ2n) is 14.0. The number of benzene rings is 6. The first-order chi connectivity index (χ1) is 22.1. The summed E-state index contributed by atoms with van der Waals surface area (Å²) in [5.41, 5.74) is 14.4. The Labute approximate surface area is 265 Å². The molecule has 210 valence electrons. The van der Waals surface area contributed by atoms with Crippen molar-refractivity contribution in [3.05, 3.63) is 132 Å². The van der Waals surface area contributed by atoms with Crippen LogP contribution in [0.2, 0.25) is 0 Å². The van der Waals surface area contributed by atoms with E-state index in [0.29, 0.717) is 12.0 Å². The lowest BCUT2D eigenvalue weighted by Gasteiger charge is -2.44. The van der Waals surface area contributed by atoms with Crippen molar-refractivity contribution in [2.24, 2.45) is 0 Å². The number of nitrogens with zero attached hydrogens (tertiary/aromatic N) is 2. The summed E-state index contributed by atoms with van der Waals surface area (Å²) >= 11 is 1.96. The van der Waals surface area contributed by atoms with E-state index in [4.69, 9.17) is 0 Å². The summed E-state index contributed by atoms with van der Waals surface area (Å²) in [4.78, 5) is 4.22. The maximum Gasteiger partial charge on any atom is 0.333 e. The van der Waals surface area contributed by atoms with Gasteiger partial charge in [0.05, 0.1) is 10.9 Å². The van der Waals surface area contributed by atoms with Crippen LogP contribution in [0.5, 0.6) is 0 Å². The maximum atomic E-state index is 2.82. The molecular formula is C41H27BN2S. The van der Waals surface area contributed by atoms with E-state index in [1.54, 1.807) is 0 Å². The van der Waals surface area contributed by atoms with Gasteiger partial charge in [0.1, 0.15) is 0 Å². The quantitative estimate of drug-likeness (QED) is 0.160. The number of hydrogen-bond donors (Lipinski definition) is 0. The van der Waals surface area contributed by atoms with Gasteiger partial charge in [-0.1, -0.05) is 117 Å². The van der Waals surface area contributed by atoms with Gasteiger partial charge in [-0.15, -0.1) is 11.3 Å². The second-order valence-corrected chi connectivity index (χ2v) is 15.1. The molecule has 2 aromatic heterocycles. The highest BCUT2D eigenvalue weighted by Crippen LogP contribution is 2.61. The molecular weight excluding hydrogens is 563 g/mol. The van der Waals surface area contributed by atoms with Crippen molar-refractivity contribution in [3.63, 3.8) is 0 Å². The molecule has 0 N–H and O–H groups in total. The minimum Gasteiger partial charge on any atom is -0.367 e. The van der Waals surface area contributed by atoms with Crippen molar-refractivity contribution in [2.75, 3.05) is 4.90 Å². The van der Waals surface area contributed by atoms with Crippen molar-refractivity contribution in [3.8, 4) is 11.1 Å². The molecule has 12 rings (SSSR count). The van der Waals surface area contributed by atoms with E-state index in [2.05, 4.69) is 138 Å². The summed E-state index contributed by atoms with van der Waals surface area (Å²) in [7, 11) is 0. The van der Waals surface area contributed by atoms with E-state index in [0.717, 1.165) is 0 Å². The van der Waals surface area contributed by atoms with Crippen molar-refractivity contribution < 1.29 is 0 Å². The number of hydrogen-bond acceptors (Lipinski definition) is 2. The van der Waals surface area contributed by atoms with Crippen LogP contribution in [-0.4, -0.2) is 17.4 Å². The molecule has 4 heteroatoms. The molecule has 2 nitrogen and oxygen atoms in total. The van der Waals surface area contributed by atoms with Crippen LogP contribution in [0.1, 0.15) is 36.5 Å². The Morgan fingerprint density at radius 3 is 2.38 bits per heavy atom. The fourth-order valence-electron chi connectivity index (χ4n) is 10.2. The Hall–Kier alpha value is -4.80. The van der Waals surface area contributed by atoms with E-state index in [9.17, 15) is 0 Å². The third-order valence-electron chi connectivity index (χ3n) is 11.8. The summed E-state index contributed by atoms with van der Waals surface area (Å²) in [5.74, 6) is 0.345.